The molecule has 1 aliphatic rings. The van der Waals surface area contributed by atoms with Gasteiger partial charge in [-0.05, 0) is 30.5 Å². The molecule has 0 atom stereocenters. The maximum Gasteiger partial charge on any atom is 0.226 e. The Balaban J connectivity index is 2.13. The second kappa shape index (κ2) is 8.09. The van der Waals surface area contributed by atoms with Gasteiger partial charge in [0.1, 0.15) is 0 Å². The van der Waals surface area contributed by atoms with Crippen LogP contribution in [0.5, 0.6) is 17.2 Å². The highest BCUT2D eigenvalue weighted by Gasteiger charge is 2.23. The number of methoxy groups -OCH3 is 3. The molecular formula is C18H27NO4. The molecule has 2 rings (SSSR count). The summed E-state index contributed by atoms with van der Waals surface area (Å²) in [4.78, 5) is 14.5. The minimum absolute atomic E-state index is 0.131. The van der Waals surface area contributed by atoms with E-state index in [2.05, 4.69) is 0 Å². The number of rotatable bonds is 6. The lowest BCUT2D eigenvalue weighted by Crippen LogP contribution is -2.39. The fraction of sp³-hybridized carbons (Fsp3) is 0.611. The van der Waals surface area contributed by atoms with Crippen molar-refractivity contribution in [2.75, 3.05) is 28.4 Å². The van der Waals surface area contributed by atoms with Crippen LogP contribution >= 0.6 is 0 Å². The van der Waals surface area contributed by atoms with E-state index in [4.69, 9.17) is 14.2 Å². The van der Waals surface area contributed by atoms with Gasteiger partial charge in [0.25, 0.3) is 0 Å². The quantitative estimate of drug-likeness (QED) is 0.808. The number of nitrogens with zero attached hydrogens (tertiary/aromatic N) is 1. The fourth-order valence-electron chi connectivity index (χ4n) is 3.21. The third-order valence-electron chi connectivity index (χ3n) is 4.60. The van der Waals surface area contributed by atoms with Crippen LogP contribution in [0.25, 0.3) is 0 Å². The van der Waals surface area contributed by atoms with Crippen molar-refractivity contribution in [1.29, 1.82) is 0 Å². The lowest BCUT2D eigenvalue weighted by molar-refractivity contribution is -0.131. The van der Waals surface area contributed by atoms with Crippen LogP contribution in [0.3, 0.4) is 0 Å². The third-order valence-corrected chi connectivity index (χ3v) is 4.60. The second-order valence-corrected chi connectivity index (χ2v) is 6.01. The molecule has 1 fully saturated rings. The van der Waals surface area contributed by atoms with E-state index in [1.807, 2.05) is 24.1 Å². The summed E-state index contributed by atoms with van der Waals surface area (Å²) in [6, 6.07) is 4.06. The molecule has 1 amide bonds. The van der Waals surface area contributed by atoms with E-state index >= 15 is 0 Å². The van der Waals surface area contributed by atoms with Crippen molar-refractivity contribution < 1.29 is 19.0 Å². The van der Waals surface area contributed by atoms with E-state index in [-0.39, 0.29) is 5.91 Å². The largest absolute Gasteiger partial charge is 0.493 e. The molecule has 23 heavy (non-hydrogen) atoms. The topological polar surface area (TPSA) is 48.0 Å². The van der Waals surface area contributed by atoms with Gasteiger partial charge in [0.2, 0.25) is 11.7 Å². The Labute approximate surface area is 138 Å². The SMILES string of the molecule is COc1cc(CC(=O)N(C)C2CCCCC2)cc(OC)c1OC. The zero-order valence-electron chi connectivity index (χ0n) is 14.6. The maximum atomic E-state index is 12.6. The molecule has 1 aromatic carbocycles. The molecule has 0 aliphatic heterocycles. The summed E-state index contributed by atoms with van der Waals surface area (Å²) in [6.07, 6.45) is 6.27. The summed E-state index contributed by atoms with van der Waals surface area (Å²) in [5.74, 6) is 1.84. The molecule has 1 saturated carbocycles. The summed E-state index contributed by atoms with van der Waals surface area (Å²) in [6.45, 7) is 0. The molecule has 1 aliphatic carbocycles. The monoisotopic (exact) mass is 321 g/mol. The molecule has 0 heterocycles. The molecule has 128 valence electrons. The van der Waals surface area contributed by atoms with Gasteiger partial charge in [-0.15, -0.1) is 0 Å². The highest BCUT2D eigenvalue weighted by atomic mass is 16.5. The van der Waals surface area contributed by atoms with Crippen molar-refractivity contribution in [2.45, 2.75) is 44.6 Å². The Morgan fingerprint density at radius 3 is 2.09 bits per heavy atom. The predicted octanol–water partition coefficient (Wildman–Crippen LogP) is 3.05. The minimum Gasteiger partial charge on any atom is -0.493 e. The first-order valence-electron chi connectivity index (χ1n) is 8.15. The minimum atomic E-state index is 0.131. The van der Waals surface area contributed by atoms with Crippen LogP contribution in [0.15, 0.2) is 12.1 Å². The molecule has 0 aromatic heterocycles. The Morgan fingerprint density at radius 2 is 1.61 bits per heavy atom. The maximum absolute atomic E-state index is 12.6. The van der Waals surface area contributed by atoms with Crippen LogP contribution in [-0.4, -0.2) is 45.2 Å². The van der Waals surface area contributed by atoms with Gasteiger partial charge in [0.05, 0.1) is 27.8 Å². The molecule has 0 radical (unpaired) electrons. The van der Waals surface area contributed by atoms with Gasteiger partial charge in [-0.3, -0.25) is 4.79 Å². The average Bonchev–Trinajstić information content (AvgIpc) is 2.60. The van der Waals surface area contributed by atoms with Crippen molar-refractivity contribution in [3.05, 3.63) is 17.7 Å². The Bertz CT molecular complexity index is 513. The Morgan fingerprint density at radius 1 is 1.04 bits per heavy atom. The number of hydrogen-bond donors (Lipinski definition) is 0. The molecular weight excluding hydrogens is 294 g/mol. The van der Waals surface area contributed by atoms with Gasteiger partial charge in [0.15, 0.2) is 11.5 Å². The van der Waals surface area contributed by atoms with Crippen molar-refractivity contribution >= 4 is 5.91 Å². The molecule has 0 bridgehead atoms. The number of carbonyl (C=O) groups is 1. The molecule has 5 nitrogen and oxygen atoms in total. The molecule has 0 saturated heterocycles. The second-order valence-electron chi connectivity index (χ2n) is 6.01. The van der Waals surface area contributed by atoms with Crippen LogP contribution in [0.4, 0.5) is 0 Å². The third kappa shape index (κ3) is 4.09. The van der Waals surface area contributed by atoms with Gasteiger partial charge >= 0.3 is 0 Å². The average molecular weight is 321 g/mol. The highest BCUT2D eigenvalue weighted by molar-refractivity contribution is 5.79. The number of amides is 1. The smallest absolute Gasteiger partial charge is 0.226 e. The number of benzene rings is 1. The molecule has 0 spiro atoms. The lowest BCUT2D eigenvalue weighted by atomic mass is 9.94. The first kappa shape index (κ1) is 17.4. The van der Waals surface area contributed by atoms with Crippen molar-refractivity contribution in [2.24, 2.45) is 0 Å². The van der Waals surface area contributed by atoms with Crippen LogP contribution in [-0.2, 0) is 11.2 Å². The first-order valence-corrected chi connectivity index (χ1v) is 8.15. The van der Waals surface area contributed by atoms with Crippen LogP contribution in [0.2, 0.25) is 0 Å². The van der Waals surface area contributed by atoms with E-state index in [0.29, 0.717) is 29.7 Å². The van der Waals surface area contributed by atoms with Crippen LogP contribution in [0, 0.1) is 0 Å². The number of likely N-dealkylation sites (N-methyl/N-ethyl adjacent to an activating group) is 1. The zero-order valence-corrected chi connectivity index (χ0v) is 14.6. The van der Waals surface area contributed by atoms with Gasteiger partial charge in [-0.2, -0.15) is 0 Å². The summed E-state index contributed by atoms with van der Waals surface area (Å²) < 4.78 is 16.0. The van der Waals surface area contributed by atoms with Gasteiger partial charge < -0.3 is 19.1 Å². The molecule has 1 aromatic rings. The summed E-state index contributed by atoms with van der Waals surface area (Å²) >= 11 is 0. The summed E-state index contributed by atoms with van der Waals surface area (Å²) in [5, 5.41) is 0. The van der Waals surface area contributed by atoms with E-state index in [1.165, 1.54) is 19.3 Å². The van der Waals surface area contributed by atoms with Crippen LogP contribution < -0.4 is 14.2 Å². The Hall–Kier alpha value is -1.91. The van der Waals surface area contributed by atoms with E-state index < -0.39 is 0 Å². The zero-order chi connectivity index (χ0) is 16.8. The summed E-state index contributed by atoms with van der Waals surface area (Å²) in [7, 11) is 6.65. The standard InChI is InChI=1S/C18H27NO4/c1-19(14-8-6-5-7-9-14)17(20)12-13-10-15(21-2)18(23-4)16(11-13)22-3/h10-11,14H,5-9,12H2,1-4H3. The predicted molar refractivity (Wildman–Crippen MR) is 89.4 cm³/mol. The Kier molecular flexibility index (Phi) is 6.13. The fourth-order valence-corrected chi connectivity index (χ4v) is 3.21. The number of hydrogen-bond acceptors (Lipinski definition) is 4. The molecule has 0 N–H and O–H groups in total. The van der Waals surface area contributed by atoms with Crippen molar-refractivity contribution in [3.8, 4) is 17.2 Å². The first-order chi connectivity index (χ1) is 11.1. The van der Waals surface area contributed by atoms with E-state index in [9.17, 15) is 4.79 Å². The van der Waals surface area contributed by atoms with Gasteiger partial charge in [0, 0.05) is 13.1 Å². The van der Waals surface area contributed by atoms with Gasteiger partial charge in [-0.1, -0.05) is 19.3 Å². The number of carbonyl (C=O) groups excluding carboxylic acids is 1. The summed E-state index contributed by atoms with van der Waals surface area (Å²) in [5.41, 5.74) is 0.868. The molecule has 0 unspecified atom stereocenters. The molecule has 5 heteroatoms. The van der Waals surface area contributed by atoms with Gasteiger partial charge in [-0.25, -0.2) is 0 Å². The normalized spacial score (nSPS) is 15.1. The highest BCUT2D eigenvalue weighted by Crippen LogP contribution is 2.38. The van der Waals surface area contributed by atoms with E-state index in [1.54, 1.807) is 21.3 Å². The van der Waals surface area contributed by atoms with E-state index in [0.717, 1.165) is 18.4 Å². The van der Waals surface area contributed by atoms with Crippen LogP contribution in [0.1, 0.15) is 37.7 Å². The van der Waals surface area contributed by atoms with Crippen molar-refractivity contribution in [3.63, 3.8) is 0 Å². The lowest BCUT2D eigenvalue weighted by Gasteiger charge is -2.31. The van der Waals surface area contributed by atoms with Crippen molar-refractivity contribution in [1.82, 2.24) is 4.90 Å². The number of ether oxygens (including phenoxy) is 3.